The van der Waals surface area contributed by atoms with Crippen molar-refractivity contribution in [3.05, 3.63) is 30.3 Å². The van der Waals surface area contributed by atoms with Gasteiger partial charge in [0.2, 0.25) is 0 Å². The molecule has 0 aromatic heterocycles. The van der Waals surface area contributed by atoms with Crippen LogP contribution in [0.15, 0.2) is 30.3 Å². The summed E-state index contributed by atoms with van der Waals surface area (Å²) in [5, 5.41) is 1.99. The summed E-state index contributed by atoms with van der Waals surface area (Å²) in [5.41, 5.74) is 0.492. The Morgan fingerprint density at radius 1 is 1.04 bits per heavy atom. The van der Waals surface area contributed by atoms with E-state index in [9.17, 15) is 0 Å². The fraction of sp³-hybridized carbons (Fsp3) is 0.667. The number of rotatable bonds is 1. The molecule has 0 radical (unpaired) electrons. The van der Waals surface area contributed by atoms with Crippen LogP contribution in [0, 0.1) is 0 Å². The zero-order chi connectivity index (χ0) is 16.5. The Bertz CT molecular complexity index is 638. The minimum Gasteiger partial charge on any atom is -0.367 e. The van der Waals surface area contributed by atoms with Crippen molar-refractivity contribution in [1.29, 1.82) is 0 Å². The van der Waals surface area contributed by atoms with Crippen molar-refractivity contribution in [2.45, 2.75) is 69.2 Å². The third-order valence-electron chi connectivity index (χ3n) is 5.48. The number of hydrogen-bond donors (Lipinski definition) is 0. The van der Waals surface area contributed by atoms with Gasteiger partial charge in [0.15, 0.2) is 12.1 Å². The molecule has 2 bridgehead atoms. The van der Waals surface area contributed by atoms with Crippen LogP contribution in [0.1, 0.15) is 27.2 Å². The Balaban J connectivity index is 1.49. The minimum atomic E-state index is -0.645. The van der Waals surface area contributed by atoms with Crippen LogP contribution in [-0.2, 0) is 23.8 Å². The standard InChI is InChI=1S/C18H23NO5/c1-17(2)22-15-16(23-17)21-14-13-9-12(10-20-18(14,15)3)24-19(13)11-7-5-4-6-8-11/h4-8,12-16H,9-10H2,1-3H3/t12-,13+,14-,15+,16-,18+/m1/s1. The fourth-order valence-electron chi connectivity index (χ4n) is 4.39. The molecule has 4 saturated heterocycles. The number of hydroxylamine groups is 1. The molecule has 130 valence electrons. The van der Waals surface area contributed by atoms with Crippen LogP contribution in [0.4, 0.5) is 5.69 Å². The predicted octanol–water partition coefficient (Wildman–Crippen LogP) is 2.23. The van der Waals surface area contributed by atoms with Crippen LogP contribution in [0.2, 0.25) is 0 Å². The summed E-state index contributed by atoms with van der Waals surface area (Å²) in [4.78, 5) is 6.11. The second kappa shape index (κ2) is 4.93. The topological polar surface area (TPSA) is 49.4 Å². The molecule has 5 rings (SSSR count). The summed E-state index contributed by atoms with van der Waals surface area (Å²) in [6.45, 7) is 6.44. The second-order valence-electron chi connectivity index (χ2n) is 7.67. The molecule has 4 aliphatic rings. The predicted molar refractivity (Wildman–Crippen MR) is 85.3 cm³/mol. The lowest BCUT2D eigenvalue weighted by Crippen LogP contribution is -2.56. The van der Waals surface area contributed by atoms with Crippen LogP contribution in [0.3, 0.4) is 0 Å². The third kappa shape index (κ3) is 2.07. The first-order valence-electron chi connectivity index (χ1n) is 8.62. The van der Waals surface area contributed by atoms with Gasteiger partial charge in [0.05, 0.1) is 18.3 Å². The molecule has 6 nitrogen and oxygen atoms in total. The maximum Gasteiger partial charge on any atom is 0.190 e. The molecule has 0 N–H and O–H groups in total. The van der Waals surface area contributed by atoms with Crippen molar-refractivity contribution < 1.29 is 23.8 Å². The van der Waals surface area contributed by atoms with Crippen molar-refractivity contribution in [1.82, 2.24) is 0 Å². The molecule has 0 spiro atoms. The van der Waals surface area contributed by atoms with E-state index in [0.29, 0.717) is 6.61 Å². The zero-order valence-corrected chi connectivity index (χ0v) is 14.2. The van der Waals surface area contributed by atoms with Crippen LogP contribution in [0.5, 0.6) is 0 Å². The molecular formula is C18H23NO5. The lowest BCUT2D eigenvalue weighted by molar-refractivity contribution is -0.240. The number of hydrogen-bond acceptors (Lipinski definition) is 6. The molecule has 6 heteroatoms. The van der Waals surface area contributed by atoms with Gasteiger partial charge in [0.1, 0.15) is 23.9 Å². The maximum absolute atomic E-state index is 6.30. The highest BCUT2D eigenvalue weighted by molar-refractivity contribution is 5.46. The van der Waals surface area contributed by atoms with Crippen molar-refractivity contribution >= 4 is 5.69 Å². The zero-order valence-electron chi connectivity index (χ0n) is 14.2. The molecule has 6 atom stereocenters. The van der Waals surface area contributed by atoms with Crippen molar-refractivity contribution in [3.63, 3.8) is 0 Å². The van der Waals surface area contributed by atoms with Gasteiger partial charge in [-0.2, -0.15) is 0 Å². The lowest BCUT2D eigenvalue weighted by Gasteiger charge is -2.40. The number of para-hydroxylation sites is 1. The van der Waals surface area contributed by atoms with E-state index < -0.39 is 17.7 Å². The number of ether oxygens (including phenoxy) is 4. The molecular weight excluding hydrogens is 310 g/mol. The molecule has 1 aromatic carbocycles. The summed E-state index contributed by atoms with van der Waals surface area (Å²) in [7, 11) is 0. The molecule has 0 aliphatic carbocycles. The first-order chi connectivity index (χ1) is 11.5. The first-order valence-corrected chi connectivity index (χ1v) is 8.62. The van der Waals surface area contributed by atoms with Gasteiger partial charge >= 0.3 is 0 Å². The summed E-state index contributed by atoms with van der Waals surface area (Å²) < 4.78 is 24.6. The van der Waals surface area contributed by atoms with E-state index in [4.69, 9.17) is 23.8 Å². The highest BCUT2D eigenvalue weighted by Crippen LogP contribution is 2.50. The number of benzene rings is 1. The van der Waals surface area contributed by atoms with Gasteiger partial charge in [-0.05, 0) is 32.9 Å². The Labute approximate surface area is 141 Å². The summed E-state index contributed by atoms with van der Waals surface area (Å²) in [6.07, 6.45) is 0.114. The molecule has 4 heterocycles. The van der Waals surface area contributed by atoms with E-state index in [1.165, 1.54) is 0 Å². The van der Waals surface area contributed by atoms with Gasteiger partial charge in [-0.1, -0.05) is 18.2 Å². The second-order valence-corrected chi connectivity index (χ2v) is 7.67. The normalized spacial score (nSPS) is 45.8. The number of anilines is 1. The van der Waals surface area contributed by atoms with E-state index >= 15 is 0 Å². The van der Waals surface area contributed by atoms with E-state index in [0.717, 1.165) is 12.1 Å². The number of fused-ring (bicyclic) bond motifs is 6. The van der Waals surface area contributed by atoms with Gasteiger partial charge in [-0.3, -0.25) is 4.84 Å². The average Bonchev–Trinajstić information content (AvgIpc) is 3.14. The number of nitrogens with zero attached hydrogens (tertiary/aromatic N) is 1. The van der Waals surface area contributed by atoms with E-state index in [1.54, 1.807) is 0 Å². The molecule has 1 aromatic rings. The maximum atomic E-state index is 6.30. The quantitative estimate of drug-likeness (QED) is 0.785. The van der Waals surface area contributed by atoms with Crippen LogP contribution < -0.4 is 5.06 Å². The monoisotopic (exact) mass is 333 g/mol. The Morgan fingerprint density at radius 2 is 1.83 bits per heavy atom. The molecule has 0 amide bonds. The van der Waals surface area contributed by atoms with E-state index in [1.807, 2.05) is 37.1 Å². The molecule has 4 fully saturated rings. The Kier molecular flexibility index (Phi) is 3.10. The van der Waals surface area contributed by atoms with Crippen LogP contribution in [-0.4, -0.2) is 48.6 Å². The van der Waals surface area contributed by atoms with Crippen LogP contribution >= 0.6 is 0 Å². The molecule has 4 aliphatic heterocycles. The fourth-order valence-corrected chi connectivity index (χ4v) is 4.39. The summed E-state index contributed by atoms with van der Waals surface area (Å²) in [6, 6.07) is 10.2. The van der Waals surface area contributed by atoms with E-state index in [-0.39, 0.29) is 24.4 Å². The molecule has 0 unspecified atom stereocenters. The smallest absolute Gasteiger partial charge is 0.190 e. The largest absolute Gasteiger partial charge is 0.367 e. The van der Waals surface area contributed by atoms with Crippen molar-refractivity contribution in [2.24, 2.45) is 0 Å². The van der Waals surface area contributed by atoms with Crippen molar-refractivity contribution in [3.8, 4) is 0 Å². The lowest BCUT2D eigenvalue weighted by atomic mass is 9.89. The highest BCUT2D eigenvalue weighted by atomic mass is 16.8. The summed E-state index contributed by atoms with van der Waals surface area (Å²) >= 11 is 0. The van der Waals surface area contributed by atoms with Gasteiger partial charge in [0, 0.05) is 6.42 Å². The molecule has 24 heavy (non-hydrogen) atoms. The van der Waals surface area contributed by atoms with Gasteiger partial charge in [0.25, 0.3) is 0 Å². The third-order valence-corrected chi connectivity index (χ3v) is 5.48. The van der Waals surface area contributed by atoms with Gasteiger partial charge in [-0.15, -0.1) is 0 Å². The van der Waals surface area contributed by atoms with Crippen LogP contribution in [0.25, 0.3) is 0 Å². The average molecular weight is 333 g/mol. The first kappa shape index (κ1) is 15.1. The van der Waals surface area contributed by atoms with E-state index in [2.05, 4.69) is 19.1 Å². The Hall–Kier alpha value is -1.18. The Morgan fingerprint density at radius 3 is 2.62 bits per heavy atom. The SMILES string of the molecule is CC1(C)O[C@H]2O[C@@H]3[C@@H]4C[C@H](CO[C@]3(C)[C@H]2O1)ON4c1ccccc1. The summed E-state index contributed by atoms with van der Waals surface area (Å²) in [5.74, 6) is -0.645. The van der Waals surface area contributed by atoms with Gasteiger partial charge in [-0.25, -0.2) is 5.06 Å². The van der Waals surface area contributed by atoms with Crippen molar-refractivity contribution in [2.75, 3.05) is 11.7 Å². The minimum absolute atomic E-state index is 0.0370. The highest BCUT2D eigenvalue weighted by Gasteiger charge is 2.67. The molecule has 0 saturated carbocycles. The van der Waals surface area contributed by atoms with Gasteiger partial charge < -0.3 is 18.9 Å².